The summed E-state index contributed by atoms with van der Waals surface area (Å²) in [5.41, 5.74) is 2.47. The second-order valence-corrected chi connectivity index (χ2v) is 10.7. The van der Waals surface area contributed by atoms with E-state index in [2.05, 4.69) is 62.6 Å². The van der Waals surface area contributed by atoms with Gasteiger partial charge in [0.25, 0.3) is 0 Å². The minimum absolute atomic E-state index is 0.667. The van der Waals surface area contributed by atoms with Gasteiger partial charge in [0.15, 0.2) is 18.1 Å². The molecule has 0 fully saturated rings. The van der Waals surface area contributed by atoms with Gasteiger partial charge in [-0.05, 0) is 37.3 Å². The van der Waals surface area contributed by atoms with E-state index < -0.39 is 18.1 Å². The zero-order chi connectivity index (χ0) is 15.5. The summed E-state index contributed by atoms with van der Waals surface area (Å²) in [7, 11) is -1.33. The zero-order valence-electron chi connectivity index (χ0n) is 13.5. The van der Waals surface area contributed by atoms with Gasteiger partial charge in [-0.15, -0.1) is 0 Å². The fourth-order valence-corrected chi connectivity index (χ4v) is 6.22. The van der Waals surface area contributed by atoms with Gasteiger partial charge < -0.3 is 4.12 Å². The molecule has 0 bridgehead atoms. The van der Waals surface area contributed by atoms with Gasteiger partial charge >= 0.3 is 0 Å². The van der Waals surface area contributed by atoms with E-state index >= 15 is 0 Å². The van der Waals surface area contributed by atoms with Gasteiger partial charge in [0.2, 0.25) is 0 Å². The van der Waals surface area contributed by atoms with Crippen molar-refractivity contribution in [2.45, 2.75) is 26.2 Å². The Kier molecular flexibility index (Phi) is 8.66. The highest BCUT2D eigenvalue weighted by atomic mass is 28.4. The predicted molar refractivity (Wildman–Crippen MR) is 101 cm³/mol. The van der Waals surface area contributed by atoms with Crippen LogP contribution in [0.1, 0.15) is 11.1 Å². The fourth-order valence-electron chi connectivity index (χ4n) is 1.87. The molecular weight excluding hydrogens is 288 g/mol. The van der Waals surface area contributed by atoms with Gasteiger partial charge in [-0.1, -0.05) is 72.8 Å². The molecule has 0 N–H and O–H groups in total. The minimum atomic E-state index is -0.667. The second kappa shape index (κ2) is 10.3. The molecule has 0 aliphatic heterocycles. The first-order chi connectivity index (χ1) is 10.1. The van der Waals surface area contributed by atoms with E-state index in [1.807, 2.05) is 36.4 Å². The van der Waals surface area contributed by atoms with Gasteiger partial charge in [-0.2, -0.15) is 0 Å². The third-order valence-corrected chi connectivity index (χ3v) is 6.97. The molecule has 0 heterocycles. The summed E-state index contributed by atoms with van der Waals surface area (Å²) >= 11 is 0. The Morgan fingerprint density at radius 1 is 0.619 bits per heavy atom. The van der Waals surface area contributed by atoms with E-state index in [9.17, 15) is 0 Å². The molecule has 0 amide bonds. The molecule has 112 valence electrons. The molecule has 2 rings (SSSR count). The van der Waals surface area contributed by atoms with Crippen LogP contribution in [0.15, 0.2) is 60.7 Å². The monoisotopic (exact) mass is 314 g/mol. The first kappa shape index (κ1) is 17.6. The van der Waals surface area contributed by atoms with E-state index in [1.165, 1.54) is 11.1 Å². The number of rotatable bonds is 4. The van der Waals surface area contributed by atoms with Crippen molar-refractivity contribution in [2.75, 3.05) is 0 Å². The van der Waals surface area contributed by atoms with Crippen molar-refractivity contribution < 1.29 is 4.12 Å². The Bertz CT molecular complexity index is 460. The van der Waals surface area contributed by atoms with Crippen LogP contribution in [0.2, 0.25) is 26.2 Å². The molecule has 3 heteroatoms. The largest absolute Gasteiger partial charge is 0.461 e. The summed E-state index contributed by atoms with van der Waals surface area (Å²) in [4.78, 5) is 0. The Morgan fingerprint density at radius 3 is 1.19 bits per heavy atom. The van der Waals surface area contributed by atoms with Crippen molar-refractivity contribution >= 4 is 30.2 Å². The maximum absolute atomic E-state index is 5.53. The molecule has 0 aliphatic rings. The lowest BCUT2D eigenvalue weighted by atomic mass is 10.1. The van der Waals surface area contributed by atoms with Crippen LogP contribution < -0.4 is 0 Å². The summed E-state index contributed by atoms with van der Waals surface area (Å²) in [6, 6.07) is 20.6. The molecule has 0 radical (unpaired) electrons. The number of hydrogen-bond acceptors (Lipinski definition) is 1. The molecule has 21 heavy (non-hydrogen) atoms. The second-order valence-electron chi connectivity index (χ2n) is 5.39. The number of benzene rings is 2. The minimum Gasteiger partial charge on any atom is -0.461 e. The lowest BCUT2D eigenvalue weighted by Gasteiger charge is -2.07. The van der Waals surface area contributed by atoms with Crippen LogP contribution in [0, 0.1) is 0 Å². The molecule has 0 unspecified atom stereocenters. The Hall–Kier alpha value is -1.43. The highest BCUT2D eigenvalue weighted by Crippen LogP contribution is 2.06. The highest BCUT2D eigenvalue weighted by molar-refractivity contribution is 6.63. The molecule has 0 saturated heterocycles. The van der Waals surface area contributed by atoms with E-state index in [1.54, 1.807) is 0 Å². The Morgan fingerprint density at radius 2 is 0.952 bits per heavy atom. The van der Waals surface area contributed by atoms with Gasteiger partial charge in [0.1, 0.15) is 0 Å². The van der Waals surface area contributed by atoms with E-state index in [0.29, 0.717) is 0 Å². The standard InChI is InChI=1S/C14H12.C4H14OSi2/c1-3-7-13(8-4-1)11-12-14-9-5-2-6-10-14;1-6(2)5-7(3)4/h1-12H;6-7H,1-4H3/b12-11+;. The van der Waals surface area contributed by atoms with E-state index in [-0.39, 0.29) is 0 Å². The Balaban J connectivity index is 0.000000270. The normalized spacial score (nSPS) is 10.8. The predicted octanol–water partition coefficient (Wildman–Crippen LogP) is 4.83. The average molecular weight is 315 g/mol. The highest BCUT2D eigenvalue weighted by Gasteiger charge is 1.97. The number of hydrogen-bond donors (Lipinski definition) is 0. The average Bonchev–Trinajstić information content (AvgIpc) is 2.46. The van der Waals surface area contributed by atoms with Crippen LogP contribution in [0.3, 0.4) is 0 Å². The summed E-state index contributed by atoms with van der Waals surface area (Å²) in [5, 5.41) is 0. The third-order valence-electron chi connectivity index (χ3n) is 2.61. The lowest BCUT2D eigenvalue weighted by Crippen LogP contribution is -2.17. The van der Waals surface area contributed by atoms with Crippen LogP contribution in [-0.4, -0.2) is 18.1 Å². The SMILES string of the molecule is C(=C\c1ccccc1)/c1ccccc1.C[SiH](C)O[SiH](C)C. The van der Waals surface area contributed by atoms with E-state index in [0.717, 1.165) is 0 Å². The van der Waals surface area contributed by atoms with Crippen molar-refractivity contribution in [3.8, 4) is 0 Å². The summed E-state index contributed by atoms with van der Waals surface area (Å²) in [6.45, 7) is 8.86. The van der Waals surface area contributed by atoms with Gasteiger partial charge in [-0.3, -0.25) is 0 Å². The molecule has 0 aliphatic carbocycles. The molecular formula is C18H26OSi2. The quantitative estimate of drug-likeness (QED) is 0.580. The van der Waals surface area contributed by atoms with Gasteiger partial charge in [0, 0.05) is 0 Å². The molecule has 2 aromatic rings. The molecule has 0 spiro atoms. The molecule has 1 nitrogen and oxygen atoms in total. The van der Waals surface area contributed by atoms with Crippen molar-refractivity contribution in [3.05, 3.63) is 71.8 Å². The summed E-state index contributed by atoms with van der Waals surface area (Å²) < 4.78 is 5.53. The summed E-state index contributed by atoms with van der Waals surface area (Å²) in [6.07, 6.45) is 4.24. The zero-order valence-corrected chi connectivity index (χ0v) is 15.8. The molecule has 0 atom stereocenters. The van der Waals surface area contributed by atoms with Crippen molar-refractivity contribution in [2.24, 2.45) is 0 Å². The Labute approximate surface area is 132 Å². The topological polar surface area (TPSA) is 9.23 Å². The first-order valence-electron chi connectivity index (χ1n) is 7.51. The maximum atomic E-state index is 5.53. The van der Waals surface area contributed by atoms with Crippen LogP contribution in [-0.2, 0) is 4.12 Å². The van der Waals surface area contributed by atoms with Crippen LogP contribution in [0.5, 0.6) is 0 Å². The van der Waals surface area contributed by atoms with Crippen molar-refractivity contribution in [1.29, 1.82) is 0 Å². The maximum Gasteiger partial charge on any atom is 0.156 e. The first-order valence-corrected chi connectivity index (χ1v) is 13.1. The molecule has 2 aromatic carbocycles. The van der Waals surface area contributed by atoms with Crippen LogP contribution in [0.25, 0.3) is 12.2 Å². The van der Waals surface area contributed by atoms with Crippen molar-refractivity contribution in [1.82, 2.24) is 0 Å². The lowest BCUT2D eigenvalue weighted by molar-refractivity contribution is 0.608. The smallest absolute Gasteiger partial charge is 0.156 e. The summed E-state index contributed by atoms with van der Waals surface area (Å²) in [5.74, 6) is 0. The third kappa shape index (κ3) is 9.18. The van der Waals surface area contributed by atoms with Crippen molar-refractivity contribution in [3.63, 3.8) is 0 Å². The van der Waals surface area contributed by atoms with Gasteiger partial charge in [-0.25, -0.2) is 0 Å². The van der Waals surface area contributed by atoms with E-state index in [4.69, 9.17) is 4.12 Å². The van der Waals surface area contributed by atoms with Gasteiger partial charge in [0.05, 0.1) is 0 Å². The van der Waals surface area contributed by atoms with Crippen LogP contribution >= 0.6 is 0 Å². The molecule has 0 aromatic heterocycles. The fraction of sp³-hybridized carbons (Fsp3) is 0.222. The van der Waals surface area contributed by atoms with Crippen LogP contribution in [0.4, 0.5) is 0 Å². The molecule has 0 saturated carbocycles.